The number of aromatic nitrogens is 1. The van der Waals surface area contributed by atoms with Crippen LogP contribution in [0.2, 0.25) is 0 Å². The molecule has 2 aromatic carbocycles. The van der Waals surface area contributed by atoms with Gasteiger partial charge >= 0.3 is 5.97 Å². The number of nitrogens with zero attached hydrogens (tertiary/aromatic N) is 1. The zero-order valence-corrected chi connectivity index (χ0v) is 15.4. The number of hydrogen-bond donors (Lipinski definition) is 2. The molecule has 6 heteroatoms. The highest BCUT2D eigenvalue weighted by atomic mass is 79.9. The van der Waals surface area contributed by atoms with E-state index in [1.54, 1.807) is 12.1 Å². The summed E-state index contributed by atoms with van der Waals surface area (Å²) < 4.78 is 2.58. The highest BCUT2D eigenvalue weighted by Crippen LogP contribution is 2.27. The SMILES string of the molecule is CCn1c(C(=O)Nc2ccc(Br)cc2C(=O)O)c(C)c2ccccc21. The number of benzene rings is 2. The van der Waals surface area contributed by atoms with Crippen LogP contribution < -0.4 is 5.32 Å². The van der Waals surface area contributed by atoms with Crippen molar-refractivity contribution in [3.63, 3.8) is 0 Å². The van der Waals surface area contributed by atoms with Gasteiger partial charge in [0.2, 0.25) is 0 Å². The van der Waals surface area contributed by atoms with E-state index in [0.29, 0.717) is 16.7 Å². The molecule has 3 rings (SSSR count). The quantitative estimate of drug-likeness (QED) is 0.667. The van der Waals surface area contributed by atoms with Gasteiger partial charge in [-0.05, 0) is 43.7 Å². The predicted octanol–water partition coefficient (Wildman–Crippen LogP) is 4.68. The summed E-state index contributed by atoms with van der Waals surface area (Å²) in [5.41, 5.74) is 2.72. The van der Waals surface area contributed by atoms with E-state index in [-0.39, 0.29) is 17.2 Å². The van der Waals surface area contributed by atoms with Gasteiger partial charge in [0.1, 0.15) is 5.69 Å². The Labute approximate surface area is 153 Å². The second-order valence-corrected chi connectivity index (χ2v) is 6.60. The van der Waals surface area contributed by atoms with Crippen molar-refractivity contribution in [1.29, 1.82) is 0 Å². The molecule has 25 heavy (non-hydrogen) atoms. The Morgan fingerprint density at radius 3 is 2.60 bits per heavy atom. The molecule has 0 aliphatic heterocycles. The zero-order chi connectivity index (χ0) is 18.1. The molecule has 2 N–H and O–H groups in total. The highest BCUT2D eigenvalue weighted by molar-refractivity contribution is 9.10. The number of aryl methyl sites for hydroxylation is 2. The zero-order valence-electron chi connectivity index (χ0n) is 13.8. The van der Waals surface area contributed by atoms with E-state index in [9.17, 15) is 14.7 Å². The number of rotatable bonds is 4. The van der Waals surface area contributed by atoms with E-state index in [2.05, 4.69) is 21.2 Å². The normalized spacial score (nSPS) is 10.8. The summed E-state index contributed by atoms with van der Waals surface area (Å²) in [7, 11) is 0. The summed E-state index contributed by atoms with van der Waals surface area (Å²) >= 11 is 3.25. The van der Waals surface area contributed by atoms with Crippen LogP contribution in [0.3, 0.4) is 0 Å². The van der Waals surface area contributed by atoms with Gasteiger partial charge in [-0.15, -0.1) is 0 Å². The first-order valence-electron chi connectivity index (χ1n) is 7.86. The molecule has 0 fully saturated rings. The predicted molar refractivity (Wildman–Crippen MR) is 101 cm³/mol. The Morgan fingerprint density at radius 1 is 1.20 bits per heavy atom. The molecule has 1 heterocycles. The highest BCUT2D eigenvalue weighted by Gasteiger charge is 2.21. The van der Waals surface area contributed by atoms with Gasteiger partial charge in [0.25, 0.3) is 5.91 Å². The molecule has 0 saturated heterocycles. The third kappa shape index (κ3) is 3.05. The lowest BCUT2D eigenvalue weighted by atomic mass is 10.1. The monoisotopic (exact) mass is 400 g/mol. The minimum atomic E-state index is -1.09. The van der Waals surface area contributed by atoms with Crippen molar-refractivity contribution in [3.8, 4) is 0 Å². The third-order valence-electron chi connectivity index (χ3n) is 4.22. The molecular weight excluding hydrogens is 384 g/mol. The van der Waals surface area contributed by atoms with E-state index >= 15 is 0 Å². The van der Waals surface area contributed by atoms with Gasteiger partial charge in [-0.3, -0.25) is 4.79 Å². The fourth-order valence-corrected chi connectivity index (χ4v) is 3.44. The van der Waals surface area contributed by atoms with Gasteiger partial charge in [-0.25, -0.2) is 4.79 Å². The molecule has 128 valence electrons. The van der Waals surface area contributed by atoms with Crippen molar-refractivity contribution in [3.05, 3.63) is 63.8 Å². The van der Waals surface area contributed by atoms with Crippen molar-refractivity contribution in [2.24, 2.45) is 0 Å². The lowest BCUT2D eigenvalue weighted by molar-refractivity contribution is 0.0698. The number of fused-ring (bicyclic) bond motifs is 1. The van der Waals surface area contributed by atoms with E-state index in [4.69, 9.17) is 0 Å². The first kappa shape index (κ1) is 17.2. The minimum absolute atomic E-state index is 0.0412. The number of carbonyl (C=O) groups excluding carboxylic acids is 1. The summed E-state index contributed by atoms with van der Waals surface area (Å²) in [5, 5.41) is 13.1. The molecule has 0 unspecified atom stereocenters. The number of aromatic carboxylic acids is 1. The molecular formula is C19H17BrN2O3. The molecule has 0 bridgehead atoms. The van der Waals surface area contributed by atoms with E-state index < -0.39 is 5.97 Å². The lowest BCUT2D eigenvalue weighted by Gasteiger charge is -2.12. The molecule has 0 saturated carbocycles. The summed E-state index contributed by atoms with van der Waals surface area (Å²) in [4.78, 5) is 24.4. The number of amides is 1. The molecule has 3 aromatic rings. The second-order valence-electron chi connectivity index (χ2n) is 5.68. The molecule has 0 atom stereocenters. The average Bonchev–Trinajstić information content (AvgIpc) is 2.88. The second kappa shape index (κ2) is 6.72. The molecule has 0 aliphatic rings. The van der Waals surface area contributed by atoms with E-state index in [1.807, 2.05) is 42.7 Å². The number of carboxylic acids is 1. The molecule has 0 radical (unpaired) electrons. The first-order chi connectivity index (χ1) is 11.9. The third-order valence-corrected chi connectivity index (χ3v) is 4.71. The Kier molecular flexibility index (Phi) is 4.63. The Balaban J connectivity index is 2.07. The fraction of sp³-hybridized carbons (Fsp3) is 0.158. The number of halogens is 1. The molecule has 5 nitrogen and oxygen atoms in total. The maximum atomic E-state index is 12.9. The van der Waals surface area contributed by atoms with Crippen LogP contribution in [0, 0.1) is 6.92 Å². The number of para-hydroxylation sites is 1. The molecule has 0 spiro atoms. The van der Waals surface area contributed by atoms with Gasteiger partial charge in [0, 0.05) is 21.9 Å². The molecule has 1 amide bonds. The van der Waals surface area contributed by atoms with Crippen LogP contribution >= 0.6 is 15.9 Å². The van der Waals surface area contributed by atoms with Crippen molar-refractivity contribution >= 4 is 44.4 Å². The maximum absolute atomic E-state index is 12.9. The van der Waals surface area contributed by atoms with Gasteiger partial charge in [0.05, 0.1) is 11.3 Å². The van der Waals surface area contributed by atoms with Gasteiger partial charge in [-0.1, -0.05) is 34.1 Å². The Bertz CT molecular complexity index is 992. The number of hydrogen-bond acceptors (Lipinski definition) is 2. The smallest absolute Gasteiger partial charge is 0.337 e. The summed E-state index contributed by atoms with van der Waals surface area (Å²) in [6, 6.07) is 12.6. The molecule has 1 aromatic heterocycles. The maximum Gasteiger partial charge on any atom is 0.337 e. The minimum Gasteiger partial charge on any atom is -0.478 e. The average molecular weight is 401 g/mol. The van der Waals surface area contributed by atoms with Gasteiger partial charge in [-0.2, -0.15) is 0 Å². The van der Waals surface area contributed by atoms with Gasteiger partial charge < -0.3 is 15.0 Å². The van der Waals surface area contributed by atoms with Crippen LogP contribution in [0.15, 0.2) is 46.9 Å². The van der Waals surface area contributed by atoms with Crippen molar-refractivity contribution < 1.29 is 14.7 Å². The largest absolute Gasteiger partial charge is 0.478 e. The molecule has 0 aliphatic carbocycles. The summed E-state index contributed by atoms with van der Waals surface area (Å²) in [6.07, 6.45) is 0. The van der Waals surface area contributed by atoms with Crippen molar-refractivity contribution in [2.75, 3.05) is 5.32 Å². The number of anilines is 1. The van der Waals surface area contributed by atoms with Crippen molar-refractivity contribution in [1.82, 2.24) is 4.57 Å². The van der Waals surface area contributed by atoms with Crippen LogP contribution in [0.5, 0.6) is 0 Å². The van der Waals surface area contributed by atoms with Gasteiger partial charge in [0.15, 0.2) is 0 Å². The van der Waals surface area contributed by atoms with Crippen LogP contribution in [0.4, 0.5) is 5.69 Å². The number of carboxylic acid groups (broad SMARTS) is 1. The Hall–Kier alpha value is -2.60. The van der Waals surface area contributed by atoms with Crippen LogP contribution in [-0.4, -0.2) is 21.6 Å². The van der Waals surface area contributed by atoms with Crippen LogP contribution in [-0.2, 0) is 6.54 Å². The first-order valence-corrected chi connectivity index (χ1v) is 8.65. The number of nitrogens with one attached hydrogen (secondary N) is 1. The van der Waals surface area contributed by atoms with Crippen LogP contribution in [0.1, 0.15) is 33.3 Å². The Morgan fingerprint density at radius 2 is 1.92 bits per heavy atom. The number of carbonyl (C=O) groups is 2. The lowest BCUT2D eigenvalue weighted by Crippen LogP contribution is -2.19. The van der Waals surface area contributed by atoms with Crippen LogP contribution in [0.25, 0.3) is 10.9 Å². The summed E-state index contributed by atoms with van der Waals surface area (Å²) in [6.45, 7) is 4.53. The fourth-order valence-electron chi connectivity index (χ4n) is 3.08. The van der Waals surface area contributed by atoms with E-state index in [0.717, 1.165) is 16.5 Å². The topological polar surface area (TPSA) is 71.3 Å². The van der Waals surface area contributed by atoms with E-state index in [1.165, 1.54) is 6.07 Å². The summed E-state index contributed by atoms with van der Waals surface area (Å²) in [5.74, 6) is -1.41. The van der Waals surface area contributed by atoms with Crippen molar-refractivity contribution in [2.45, 2.75) is 20.4 Å². The standard InChI is InChI=1S/C19H17BrN2O3/c1-3-22-16-7-5-4-6-13(16)11(2)17(22)18(23)21-15-9-8-12(20)10-14(15)19(24)25/h4-10H,3H2,1-2H3,(H,21,23)(H,24,25).